The van der Waals surface area contributed by atoms with Gasteiger partial charge in [-0.05, 0) is 49.9 Å². The van der Waals surface area contributed by atoms with Crippen LogP contribution in [0, 0.1) is 0 Å². The Morgan fingerprint density at radius 3 is 1.46 bits per heavy atom. The van der Waals surface area contributed by atoms with Gasteiger partial charge in [0.2, 0.25) is 0 Å². The Morgan fingerprint density at radius 1 is 0.456 bits per heavy atom. The maximum absolute atomic E-state index is 7.05. The van der Waals surface area contributed by atoms with Gasteiger partial charge in [-0.1, -0.05) is 133 Å². The molecule has 4 saturated heterocycles. The Kier molecular flexibility index (Phi) is 12.6. The number of benzene rings is 4. The van der Waals surface area contributed by atoms with E-state index in [1.54, 1.807) is 0 Å². The number of ether oxygens (including phenoxy) is 10. The molecule has 10 heteroatoms. The molecule has 4 aromatic rings. The van der Waals surface area contributed by atoms with Crippen molar-refractivity contribution in [2.75, 3.05) is 6.61 Å². The van der Waals surface area contributed by atoms with Crippen molar-refractivity contribution in [1.82, 2.24) is 0 Å². The van der Waals surface area contributed by atoms with Gasteiger partial charge >= 0.3 is 0 Å². The maximum atomic E-state index is 7.05. The first-order valence-electron chi connectivity index (χ1n) is 20.0. The van der Waals surface area contributed by atoms with Crippen LogP contribution in [-0.4, -0.2) is 79.4 Å². The summed E-state index contributed by atoms with van der Waals surface area (Å²) in [5.74, 6) is -1.66. The quantitative estimate of drug-likeness (QED) is 0.112. The Hall–Kier alpha value is -3.78. The second-order valence-corrected chi connectivity index (χ2v) is 15.9. The average molecular weight is 779 g/mol. The molecule has 0 aliphatic carbocycles. The SMILES string of the molecule is CC1(C)O[C@H]2[C@@H](O1)[C@@H](C=C[C@@H]1O[C@H](COCc3ccccc3)[C@@H](OCc3ccccc3)[C@H](OCc3ccccc3)[C@H]1OCc1ccccc1)O[C@@H]1OC(C)(C)O[C@@H]12. The third-order valence-electron chi connectivity index (χ3n) is 10.6. The third-order valence-corrected chi connectivity index (χ3v) is 10.6. The molecule has 10 nitrogen and oxygen atoms in total. The van der Waals surface area contributed by atoms with Crippen LogP contribution in [-0.2, 0) is 73.8 Å². The standard InChI is InChI=1S/C47H54O10/c1-46(2)54-41-37(53-45-44(43(41)55-46)56-47(3,4)57-45)26-25-36-39(49-28-33-19-11-6-12-20-33)42(51-30-35-23-15-8-16-24-35)40(50-29-34-21-13-7-14-22-34)38(52-36)31-48-27-32-17-9-5-10-18-32/h5-26,36-45H,27-31H2,1-4H3/t36-,37+,38+,39-,40+,41-,42+,43-,44+,45+/m0/s1. The second kappa shape index (κ2) is 18.0. The first-order valence-corrected chi connectivity index (χ1v) is 20.0. The number of hydrogen-bond acceptors (Lipinski definition) is 10. The van der Waals surface area contributed by atoms with Crippen LogP contribution in [0.4, 0.5) is 0 Å². The summed E-state index contributed by atoms with van der Waals surface area (Å²) in [5, 5.41) is 0. The van der Waals surface area contributed by atoms with Crippen molar-refractivity contribution in [2.24, 2.45) is 0 Å². The molecule has 4 aliphatic heterocycles. The normalized spacial score (nSPS) is 31.6. The van der Waals surface area contributed by atoms with Gasteiger partial charge < -0.3 is 47.4 Å². The van der Waals surface area contributed by atoms with Gasteiger partial charge in [0.05, 0.1) is 33.0 Å². The van der Waals surface area contributed by atoms with E-state index >= 15 is 0 Å². The molecule has 4 fully saturated rings. The monoisotopic (exact) mass is 778 g/mol. The summed E-state index contributed by atoms with van der Waals surface area (Å²) >= 11 is 0. The van der Waals surface area contributed by atoms with Crippen molar-refractivity contribution in [3.63, 3.8) is 0 Å². The van der Waals surface area contributed by atoms with Crippen LogP contribution in [0.5, 0.6) is 0 Å². The first-order chi connectivity index (χ1) is 27.7. The highest BCUT2D eigenvalue weighted by molar-refractivity contribution is 5.18. The number of fused-ring (bicyclic) bond motifs is 3. The molecule has 8 rings (SSSR count). The van der Waals surface area contributed by atoms with Crippen LogP contribution in [0.15, 0.2) is 133 Å². The van der Waals surface area contributed by atoms with Crippen LogP contribution in [0.1, 0.15) is 49.9 Å². The molecule has 10 atom stereocenters. The third kappa shape index (κ3) is 10.1. The van der Waals surface area contributed by atoms with E-state index in [2.05, 4.69) is 36.4 Å². The zero-order valence-electron chi connectivity index (χ0n) is 33.1. The molecule has 0 radical (unpaired) electrons. The maximum Gasteiger partial charge on any atom is 0.190 e. The molecule has 0 spiro atoms. The molecule has 0 aromatic heterocycles. The fraction of sp³-hybridized carbons (Fsp3) is 0.447. The molecule has 0 saturated carbocycles. The summed E-state index contributed by atoms with van der Waals surface area (Å²) < 4.78 is 66.0. The smallest absolute Gasteiger partial charge is 0.190 e. The van der Waals surface area contributed by atoms with Crippen molar-refractivity contribution in [1.29, 1.82) is 0 Å². The molecular formula is C47H54O10. The molecule has 0 N–H and O–H groups in total. The summed E-state index contributed by atoms with van der Waals surface area (Å²) in [5.41, 5.74) is 4.17. The average Bonchev–Trinajstić information content (AvgIpc) is 3.73. The summed E-state index contributed by atoms with van der Waals surface area (Å²) in [6, 6.07) is 40.5. The van der Waals surface area contributed by atoms with E-state index < -0.39 is 72.8 Å². The summed E-state index contributed by atoms with van der Waals surface area (Å²) in [4.78, 5) is 0. The van der Waals surface area contributed by atoms with E-state index in [4.69, 9.17) is 47.4 Å². The van der Waals surface area contributed by atoms with Crippen molar-refractivity contribution in [3.8, 4) is 0 Å². The van der Waals surface area contributed by atoms with E-state index in [1.807, 2.05) is 125 Å². The molecule has 57 heavy (non-hydrogen) atoms. The largest absolute Gasteiger partial charge is 0.374 e. The highest BCUT2D eigenvalue weighted by atomic mass is 16.9. The van der Waals surface area contributed by atoms with Gasteiger partial charge in [-0.2, -0.15) is 0 Å². The first kappa shape index (κ1) is 40.0. The lowest BCUT2D eigenvalue weighted by atomic mass is 9.92. The minimum absolute atomic E-state index is 0.259. The Bertz CT molecular complexity index is 1860. The van der Waals surface area contributed by atoms with E-state index in [0.717, 1.165) is 22.3 Å². The highest BCUT2D eigenvalue weighted by Gasteiger charge is 2.60. The molecule has 4 aliphatic rings. The zero-order chi connectivity index (χ0) is 39.2. The topological polar surface area (TPSA) is 92.3 Å². The van der Waals surface area contributed by atoms with Gasteiger partial charge in [-0.3, -0.25) is 0 Å². The van der Waals surface area contributed by atoms with Crippen molar-refractivity contribution in [2.45, 2.75) is 127 Å². The molecule has 4 aromatic carbocycles. The van der Waals surface area contributed by atoms with Gasteiger partial charge in [0, 0.05) is 0 Å². The minimum atomic E-state index is -0.834. The predicted octanol–water partition coefficient (Wildman–Crippen LogP) is 7.68. The van der Waals surface area contributed by atoms with Crippen LogP contribution < -0.4 is 0 Å². The number of hydrogen-bond donors (Lipinski definition) is 0. The van der Waals surface area contributed by atoms with Crippen LogP contribution in [0.2, 0.25) is 0 Å². The second-order valence-electron chi connectivity index (χ2n) is 15.9. The lowest BCUT2D eigenvalue weighted by molar-refractivity contribution is -0.263. The van der Waals surface area contributed by atoms with Crippen molar-refractivity contribution >= 4 is 0 Å². The predicted molar refractivity (Wildman–Crippen MR) is 211 cm³/mol. The van der Waals surface area contributed by atoms with Gasteiger partial charge in [0.25, 0.3) is 0 Å². The van der Waals surface area contributed by atoms with E-state index in [1.165, 1.54) is 0 Å². The lowest BCUT2D eigenvalue weighted by Crippen LogP contribution is -2.61. The van der Waals surface area contributed by atoms with Crippen LogP contribution in [0.25, 0.3) is 0 Å². The van der Waals surface area contributed by atoms with Gasteiger partial charge in [-0.15, -0.1) is 0 Å². The van der Waals surface area contributed by atoms with Crippen molar-refractivity contribution in [3.05, 3.63) is 156 Å². The minimum Gasteiger partial charge on any atom is -0.374 e. The molecule has 0 unspecified atom stereocenters. The van der Waals surface area contributed by atoms with Crippen LogP contribution in [0.3, 0.4) is 0 Å². The molecule has 0 bridgehead atoms. The fourth-order valence-corrected chi connectivity index (χ4v) is 8.00. The Labute approximate surface area is 335 Å². The molecule has 302 valence electrons. The Balaban J connectivity index is 1.12. The molecule has 0 amide bonds. The molecular weight excluding hydrogens is 725 g/mol. The highest BCUT2D eigenvalue weighted by Crippen LogP contribution is 2.44. The van der Waals surface area contributed by atoms with Gasteiger partial charge in [0.1, 0.15) is 54.9 Å². The molecule has 4 heterocycles. The number of rotatable bonds is 15. The van der Waals surface area contributed by atoms with Crippen molar-refractivity contribution < 1.29 is 47.4 Å². The van der Waals surface area contributed by atoms with Gasteiger partial charge in [-0.25, -0.2) is 0 Å². The van der Waals surface area contributed by atoms with E-state index in [-0.39, 0.29) is 6.61 Å². The van der Waals surface area contributed by atoms with Crippen LogP contribution >= 0.6 is 0 Å². The summed E-state index contributed by atoms with van der Waals surface area (Å²) in [6.07, 6.45) is -1.28. The fourth-order valence-electron chi connectivity index (χ4n) is 8.00. The van der Waals surface area contributed by atoms with E-state index in [9.17, 15) is 0 Å². The zero-order valence-corrected chi connectivity index (χ0v) is 33.1. The summed E-state index contributed by atoms with van der Waals surface area (Å²) in [7, 11) is 0. The Morgan fingerprint density at radius 2 is 0.895 bits per heavy atom. The van der Waals surface area contributed by atoms with E-state index in [0.29, 0.717) is 26.4 Å². The lowest BCUT2D eigenvalue weighted by Gasteiger charge is -2.46. The van der Waals surface area contributed by atoms with Gasteiger partial charge in [0.15, 0.2) is 17.9 Å². The summed E-state index contributed by atoms with van der Waals surface area (Å²) in [6.45, 7) is 9.30.